The van der Waals surface area contributed by atoms with Crippen LogP contribution >= 0.6 is 7.82 Å². The van der Waals surface area contributed by atoms with Gasteiger partial charge in [0.2, 0.25) is 0 Å². The number of ether oxygens (including phenoxy) is 1. The Kier molecular flexibility index (Phi) is 7.04. The first kappa shape index (κ1) is 23.9. The van der Waals surface area contributed by atoms with Gasteiger partial charge in [0.25, 0.3) is 5.56 Å². The number of phosphoric ester groups is 1. The Bertz CT molecular complexity index is 1140. The number of hydrogen-bond acceptors (Lipinski definition) is 11. The molecule has 2 aromatic heterocycles. The molecule has 17 heteroatoms. The average molecular weight is 477 g/mol. The number of aromatic amines is 1. The number of aryl methyl sites for hydroxylation is 1. The van der Waals surface area contributed by atoms with E-state index in [-0.39, 0.29) is 18.2 Å². The van der Waals surface area contributed by atoms with Gasteiger partial charge in [-0.3, -0.25) is 23.4 Å². The number of nitro groups is 1. The second-order valence-corrected chi connectivity index (χ2v) is 8.11. The summed E-state index contributed by atoms with van der Waals surface area (Å²) < 4.78 is 29.5. The number of hydrogen-bond donors (Lipinski definition) is 4. The molecule has 0 aliphatic carbocycles. The largest absolute Gasteiger partial charge is 0.472 e. The van der Waals surface area contributed by atoms with Crippen LogP contribution in [0.3, 0.4) is 0 Å². The van der Waals surface area contributed by atoms with Crippen LogP contribution in [-0.2, 0) is 24.9 Å². The zero-order valence-electron chi connectivity index (χ0n) is 16.5. The summed E-state index contributed by atoms with van der Waals surface area (Å²) in [5.41, 5.74) is -1.61. The number of aliphatic hydroxyl groups is 2. The van der Waals surface area contributed by atoms with E-state index >= 15 is 0 Å². The molecule has 2 aromatic rings. The highest BCUT2D eigenvalue weighted by atomic mass is 31.2. The fourth-order valence-electron chi connectivity index (χ4n) is 3.16. The maximum atomic E-state index is 12.4. The van der Waals surface area contributed by atoms with Gasteiger partial charge in [-0.05, 0) is 4.92 Å². The minimum Gasteiger partial charge on any atom is -0.394 e. The number of H-pyrrole nitrogens is 1. The molecule has 1 fully saturated rings. The lowest BCUT2D eigenvalue weighted by Crippen LogP contribution is -2.38. The fraction of sp³-hybridized carbons (Fsp3) is 0.533. The molecule has 16 nitrogen and oxygen atoms in total. The lowest BCUT2D eigenvalue weighted by atomic mass is 10.1. The van der Waals surface area contributed by atoms with Crippen LogP contribution in [0.4, 0.5) is 5.82 Å². The van der Waals surface area contributed by atoms with Crippen LogP contribution in [0.25, 0.3) is 0 Å². The Morgan fingerprint density at radius 1 is 1.44 bits per heavy atom. The van der Waals surface area contributed by atoms with E-state index in [2.05, 4.69) is 4.98 Å². The molecule has 0 amide bonds. The van der Waals surface area contributed by atoms with Crippen LogP contribution in [-0.4, -0.2) is 70.7 Å². The molecular formula is C15H20N5O11P. The minimum atomic E-state index is -4.84. The first-order valence-electron chi connectivity index (χ1n) is 9.12. The van der Waals surface area contributed by atoms with Gasteiger partial charge in [-0.2, -0.15) is 0 Å². The van der Waals surface area contributed by atoms with Crippen LogP contribution in [0.1, 0.15) is 12.1 Å². The smallest absolute Gasteiger partial charge is 0.394 e. The van der Waals surface area contributed by atoms with E-state index in [0.29, 0.717) is 0 Å². The van der Waals surface area contributed by atoms with Crippen molar-refractivity contribution < 1.29 is 38.4 Å². The van der Waals surface area contributed by atoms with Crippen LogP contribution in [0.5, 0.6) is 0 Å². The Labute approximate surface area is 178 Å². The summed E-state index contributed by atoms with van der Waals surface area (Å²) in [4.78, 5) is 49.2. The number of aromatic nitrogens is 4. The second kappa shape index (κ2) is 9.41. The molecule has 0 spiro atoms. The standard InChI is InChI=1S/C15H20N5O11P/c1-8-16-6-11(20(25)26)18(8)4-5-29-32(27,28)31-13-9(7-21)30-14(12(13)23)19-3-2-10(22)17-15(19)24/h2-3,6,9,12-14,21,23H,4-5,7H2,1H3,(H,27,28)(H,17,22,24)/t9-,12-,13-,14-/m1/s1. The Morgan fingerprint density at radius 3 is 2.78 bits per heavy atom. The first-order chi connectivity index (χ1) is 15.0. The zero-order chi connectivity index (χ0) is 23.6. The summed E-state index contributed by atoms with van der Waals surface area (Å²) in [6, 6.07) is 0.997. The van der Waals surface area contributed by atoms with Crippen molar-refractivity contribution in [1.82, 2.24) is 19.1 Å². The summed E-state index contributed by atoms with van der Waals surface area (Å²) in [5, 5.41) is 31.0. The molecule has 3 rings (SSSR count). The predicted octanol–water partition coefficient (Wildman–Crippen LogP) is -1.60. The quantitative estimate of drug-likeness (QED) is 0.182. The summed E-state index contributed by atoms with van der Waals surface area (Å²) in [6.45, 7) is 0.0798. The summed E-state index contributed by atoms with van der Waals surface area (Å²) >= 11 is 0. The molecule has 1 aliphatic heterocycles. The monoisotopic (exact) mass is 477 g/mol. The van der Waals surface area contributed by atoms with Crippen molar-refractivity contribution in [3.63, 3.8) is 0 Å². The number of imidazole rings is 1. The zero-order valence-corrected chi connectivity index (χ0v) is 17.4. The van der Waals surface area contributed by atoms with E-state index in [4.69, 9.17) is 13.8 Å². The lowest BCUT2D eigenvalue weighted by molar-refractivity contribution is -0.392. The van der Waals surface area contributed by atoms with E-state index in [1.54, 1.807) is 0 Å². The highest BCUT2D eigenvalue weighted by Crippen LogP contribution is 2.48. The molecule has 4 N–H and O–H groups in total. The van der Waals surface area contributed by atoms with Gasteiger partial charge in [-0.25, -0.2) is 18.9 Å². The van der Waals surface area contributed by atoms with Crippen LogP contribution in [0.2, 0.25) is 0 Å². The number of nitrogens with zero attached hydrogens (tertiary/aromatic N) is 4. The molecule has 0 bridgehead atoms. The highest BCUT2D eigenvalue weighted by Gasteiger charge is 2.48. The Hall–Kier alpha value is -2.72. The van der Waals surface area contributed by atoms with Gasteiger partial charge < -0.3 is 30.0 Å². The van der Waals surface area contributed by atoms with E-state index in [9.17, 15) is 39.4 Å². The molecule has 32 heavy (non-hydrogen) atoms. The molecule has 3 heterocycles. The molecule has 5 atom stereocenters. The topological polar surface area (TPSA) is 221 Å². The maximum absolute atomic E-state index is 12.4. The number of nitrogens with one attached hydrogen (secondary N) is 1. The molecule has 1 unspecified atom stereocenters. The molecule has 0 radical (unpaired) electrons. The average Bonchev–Trinajstić information content (AvgIpc) is 3.22. The van der Waals surface area contributed by atoms with Crippen molar-refractivity contribution in [3.05, 3.63) is 55.2 Å². The maximum Gasteiger partial charge on any atom is 0.472 e. The first-order valence-corrected chi connectivity index (χ1v) is 10.6. The van der Waals surface area contributed by atoms with Gasteiger partial charge in [-0.15, -0.1) is 0 Å². The third-order valence-electron chi connectivity index (χ3n) is 4.66. The Morgan fingerprint density at radius 2 is 2.16 bits per heavy atom. The summed E-state index contributed by atoms with van der Waals surface area (Å²) in [5.74, 6) is -0.0583. The van der Waals surface area contributed by atoms with Crippen molar-refractivity contribution >= 4 is 13.6 Å². The minimum absolute atomic E-state index is 0.196. The number of rotatable bonds is 9. The van der Waals surface area contributed by atoms with Gasteiger partial charge in [0, 0.05) is 19.2 Å². The molecule has 1 saturated heterocycles. The van der Waals surface area contributed by atoms with E-state index in [0.717, 1.165) is 27.6 Å². The third kappa shape index (κ3) is 5.02. The lowest BCUT2D eigenvalue weighted by Gasteiger charge is -2.22. The molecular weight excluding hydrogens is 457 g/mol. The highest BCUT2D eigenvalue weighted by molar-refractivity contribution is 7.47. The normalized spacial score (nSPS) is 25.0. The molecule has 0 aromatic carbocycles. The van der Waals surface area contributed by atoms with Crippen LogP contribution in [0, 0.1) is 17.0 Å². The van der Waals surface area contributed by atoms with Crippen LogP contribution in [0.15, 0.2) is 28.0 Å². The van der Waals surface area contributed by atoms with E-state index < -0.39 is 61.7 Å². The predicted molar refractivity (Wildman–Crippen MR) is 103 cm³/mol. The Balaban J connectivity index is 1.68. The van der Waals surface area contributed by atoms with Gasteiger partial charge >= 0.3 is 19.3 Å². The molecule has 0 saturated carbocycles. The van der Waals surface area contributed by atoms with Gasteiger partial charge in [0.1, 0.15) is 31.1 Å². The van der Waals surface area contributed by atoms with E-state index in [1.807, 2.05) is 4.98 Å². The second-order valence-electron chi connectivity index (χ2n) is 6.70. The summed E-state index contributed by atoms with van der Waals surface area (Å²) in [7, 11) is -4.84. The van der Waals surface area contributed by atoms with Crippen LogP contribution < -0.4 is 11.2 Å². The van der Waals surface area contributed by atoms with Crippen molar-refractivity contribution in [2.45, 2.75) is 38.0 Å². The van der Waals surface area contributed by atoms with Crippen molar-refractivity contribution in [2.75, 3.05) is 13.2 Å². The number of aliphatic hydroxyl groups excluding tert-OH is 2. The van der Waals surface area contributed by atoms with Crippen molar-refractivity contribution in [3.8, 4) is 0 Å². The number of phosphoric acid groups is 1. The van der Waals surface area contributed by atoms with Gasteiger partial charge in [-0.1, -0.05) is 0 Å². The van der Waals surface area contributed by atoms with Crippen molar-refractivity contribution in [1.29, 1.82) is 0 Å². The van der Waals surface area contributed by atoms with Gasteiger partial charge in [0.05, 0.1) is 13.2 Å². The molecule has 176 valence electrons. The fourth-order valence-corrected chi connectivity index (χ4v) is 4.11. The SMILES string of the molecule is Cc1ncc([N+](=O)[O-])n1CCOP(=O)(O)O[C@H]1[C@@H](O)[C@H](n2ccc(=O)[nH]c2=O)O[C@@H]1CO. The van der Waals surface area contributed by atoms with Gasteiger partial charge in [0.15, 0.2) is 12.1 Å². The molecule has 1 aliphatic rings. The van der Waals surface area contributed by atoms with E-state index in [1.165, 1.54) is 6.92 Å². The summed E-state index contributed by atoms with van der Waals surface area (Å²) in [6.07, 6.45) is -3.95. The third-order valence-corrected chi connectivity index (χ3v) is 5.68. The van der Waals surface area contributed by atoms with Crippen molar-refractivity contribution in [2.24, 2.45) is 0 Å².